The van der Waals surface area contributed by atoms with Crippen LogP contribution >= 0.6 is 0 Å². The van der Waals surface area contributed by atoms with Crippen LogP contribution in [-0.4, -0.2) is 39.5 Å². The topological polar surface area (TPSA) is 102 Å². The number of fused-ring (bicyclic) bond motifs is 1. The summed E-state index contributed by atoms with van der Waals surface area (Å²) in [5.74, 6) is -0.776. The average molecular weight is 307 g/mol. The Morgan fingerprint density at radius 2 is 2.05 bits per heavy atom. The van der Waals surface area contributed by atoms with Gasteiger partial charge < -0.3 is 14.6 Å². The van der Waals surface area contributed by atoms with Gasteiger partial charge in [-0.1, -0.05) is 0 Å². The van der Waals surface area contributed by atoms with Crippen LogP contribution in [0.15, 0.2) is 18.5 Å². The summed E-state index contributed by atoms with van der Waals surface area (Å²) in [5.41, 5.74) is 0.00561. The Kier molecular flexibility index (Phi) is 3.94. The number of hydrogen-bond acceptors (Lipinski definition) is 5. The zero-order valence-electron chi connectivity index (χ0n) is 12.7. The highest BCUT2D eigenvalue weighted by Gasteiger charge is 2.19. The molecule has 2 heterocycles. The fourth-order valence-electron chi connectivity index (χ4n) is 1.85. The van der Waals surface area contributed by atoms with Gasteiger partial charge in [0.1, 0.15) is 11.2 Å². The molecule has 118 valence electrons. The largest absolute Gasteiger partial charge is 0.493 e. The third-order valence-corrected chi connectivity index (χ3v) is 2.71. The van der Waals surface area contributed by atoms with Crippen molar-refractivity contribution < 1.29 is 24.2 Å². The molecule has 1 amide bonds. The highest BCUT2D eigenvalue weighted by molar-refractivity contribution is 5.97. The van der Waals surface area contributed by atoms with E-state index >= 15 is 0 Å². The number of aromatic carboxylic acids is 1. The first-order valence-electron chi connectivity index (χ1n) is 6.50. The molecule has 0 saturated carbocycles. The molecule has 22 heavy (non-hydrogen) atoms. The van der Waals surface area contributed by atoms with Crippen molar-refractivity contribution in [2.45, 2.75) is 26.4 Å². The van der Waals surface area contributed by atoms with E-state index in [0.29, 0.717) is 17.0 Å². The molecule has 0 aliphatic rings. The van der Waals surface area contributed by atoms with Crippen LogP contribution in [-0.2, 0) is 4.74 Å². The van der Waals surface area contributed by atoms with E-state index in [4.69, 9.17) is 14.6 Å². The normalized spacial score (nSPS) is 11.3. The maximum Gasteiger partial charge on any atom is 0.412 e. The molecule has 0 saturated heterocycles. The van der Waals surface area contributed by atoms with Gasteiger partial charge in [-0.3, -0.25) is 5.32 Å². The molecule has 0 aliphatic heterocycles. The van der Waals surface area contributed by atoms with Crippen LogP contribution in [0.1, 0.15) is 31.1 Å². The number of methoxy groups -OCH3 is 1. The zero-order chi connectivity index (χ0) is 16.5. The van der Waals surface area contributed by atoms with Crippen molar-refractivity contribution in [3.63, 3.8) is 0 Å². The first kappa shape index (κ1) is 15.6. The molecule has 8 nitrogen and oxygen atoms in total. The maximum absolute atomic E-state index is 11.9. The van der Waals surface area contributed by atoms with E-state index in [0.717, 1.165) is 0 Å². The Hall–Kier alpha value is -2.77. The zero-order valence-corrected chi connectivity index (χ0v) is 12.7. The number of nitrogens with zero attached hydrogens (tertiary/aromatic N) is 2. The van der Waals surface area contributed by atoms with Crippen molar-refractivity contribution in [2.75, 3.05) is 12.4 Å². The minimum absolute atomic E-state index is 0.0230. The predicted molar refractivity (Wildman–Crippen MR) is 78.6 cm³/mol. The number of anilines is 1. The molecule has 0 atom stereocenters. The molecule has 0 aromatic carbocycles. The van der Waals surface area contributed by atoms with Crippen molar-refractivity contribution in [3.8, 4) is 5.75 Å². The highest BCUT2D eigenvalue weighted by Crippen LogP contribution is 2.27. The Morgan fingerprint density at radius 3 is 2.59 bits per heavy atom. The lowest BCUT2D eigenvalue weighted by molar-refractivity contribution is 0.0634. The van der Waals surface area contributed by atoms with Gasteiger partial charge in [-0.05, 0) is 26.8 Å². The molecule has 2 N–H and O–H groups in total. The van der Waals surface area contributed by atoms with Gasteiger partial charge in [0, 0.05) is 0 Å². The number of aromatic nitrogens is 2. The van der Waals surface area contributed by atoms with Crippen molar-refractivity contribution in [2.24, 2.45) is 0 Å². The van der Waals surface area contributed by atoms with Gasteiger partial charge in [0.2, 0.25) is 0 Å². The highest BCUT2D eigenvalue weighted by atomic mass is 16.6. The maximum atomic E-state index is 11.9. The Labute approximate surface area is 126 Å². The number of carboxylic acid groups (broad SMARTS) is 1. The molecule has 0 fully saturated rings. The van der Waals surface area contributed by atoms with E-state index in [2.05, 4.69) is 10.4 Å². The van der Waals surface area contributed by atoms with Gasteiger partial charge in [-0.25, -0.2) is 14.1 Å². The SMILES string of the molecule is COc1cn2ncc(C(=O)O)c2cc1NC(=O)OC(C)(C)C. The second kappa shape index (κ2) is 5.55. The Morgan fingerprint density at radius 1 is 1.36 bits per heavy atom. The Bertz CT molecular complexity index is 730. The van der Waals surface area contributed by atoms with Crippen molar-refractivity contribution in [1.29, 1.82) is 0 Å². The van der Waals surface area contributed by atoms with Crippen LogP contribution in [0.4, 0.5) is 10.5 Å². The third kappa shape index (κ3) is 3.27. The summed E-state index contributed by atoms with van der Waals surface area (Å²) in [6, 6.07) is 1.47. The van der Waals surface area contributed by atoms with Crippen LogP contribution in [0.5, 0.6) is 5.75 Å². The number of nitrogens with one attached hydrogen (secondary N) is 1. The third-order valence-electron chi connectivity index (χ3n) is 2.71. The van der Waals surface area contributed by atoms with Crippen molar-refractivity contribution >= 4 is 23.3 Å². The predicted octanol–water partition coefficient (Wildman–Crippen LogP) is 2.39. The van der Waals surface area contributed by atoms with E-state index in [9.17, 15) is 9.59 Å². The van der Waals surface area contributed by atoms with E-state index in [1.807, 2.05) is 0 Å². The fourth-order valence-corrected chi connectivity index (χ4v) is 1.85. The number of pyridine rings is 1. The van der Waals surface area contributed by atoms with E-state index < -0.39 is 17.7 Å². The van der Waals surface area contributed by atoms with Crippen LogP contribution in [0.25, 0.3) is 5.52 Å². The van der Waals surface area contributed by atoms with Crippen LogP contribution < -0.4 is 10.1 Å². The Balaban J connectivity index is 2.41. The summed E-state index contributed by atoms with van der Waals surface area (Å²) in [6.45, 7) is 5.23. The average Bonchev–Trinajstić information content (AvgIpc) is 2.78. The minimum Gasteiger partial charge on any atom is -0.493 e. The summed E-state index contributed by atoms with van der Waals surface area (Å²) in [7, 11) is 1.43. The number of rotatable bonds is 3. The minimum atomic E-state index is -1.11. The van der Waals surface area contributed by atoms with Gasteiger partial charge in [0.05, 0.1) is 30.7 Å². The molecule has 2 aromatic heterocycles. The lowest BCUT2D eigenvalue weighted by Gasteiger charge is -2.20. The van der Waals surface area contributed by atoms with Crippen LogP contribution in [0, 0.1) is 0 Å². The van der Waals surface area contributed by atoms with Gasteiger partial charge in [0.15, 0.2) is 5.75 Å². The summed E-state index contributed by atoms with van der Waals surface area (Å²) >= 11 is 0. The second-order valence-corrected chi connectivity index (χ2v) is 5.58. The van der Waals surface area contributed by atoms with Crippen LogP contribution in [0.2, 0.25) is 0 Å². The molecule has 0 bridgehead atoms. The standard InChI is InChI=1S/C14H17N3O5/c1-14(2,3)22-13(20)16-9-5-10-8(12(18)19)6-15-17(10)7-11(9)21-4/h5-7H,1-4H3,(H,16,20)(H,18,19). The summed E-state index contributed by atoms with van der Waals surface area (Å²) in [4.78, 5) is 23.0. The van der Waals surface area contributed by atoms with Gasteiger partial charge in [-0.15, -0.1) is 0 Å². The molecule has 2 rings (SSSR count). The molecule has 2 aromatic rings. The smallest absolute Gasteiger partial charge is 0.412 e. The molecule has 0 radical (unpaired) electrons. The summed E-state index contributed by atoms with van der Waals surface area (Å²) in [6.07, 6.45) is 2.05. The first-order chi connectivity index (χ1) is 10.2. The number of carbonyl (C=O) groups is 2. The van der Waals surface area contributed by atoms with Crippen molar-refractivity contribution in [1.82, 2.24) is 9.61 Å². The monoisotopic (exact) mass is 307 g/mol. The van der Waals surface area contributed by atoms with Gasteiger partial charge in [0.25, 0.3) is 0 Å². The molecule has 0 unspecified atom stereocenters. The number of hydrogen-bond donors (Lipinski definition) is 2. The first-order valence-corrected chi connectivity index (χ1v) is 6.50. The lowest BCUT2D eigenvalue weighted by atomic mass is 10.2. The number of carboxylic acids is 1. The molecule has 0 spiro atoms. The van der Waals surface area contributed by atoms with E-state index in [1.165, 1.54) is 30.1 Å². The molecule has 0 aliphatic carbocycles. The quantitative estimate of drug-likeness (QED) is 0.902. The number of ether oxygens (including phenoxy) is 2. The van der Waals surface area contributed by atoms with Gasteiger partial charge in [-0.2, -0.15) is 5.10 Å². The van der Waals surface area contributed by atoms with Crippen LogP contribution in [0.3, 0.4) is 0 Å². The lowest BCUT2D eigenvalue weighted by Crippen LogP contribution is -2.27. The molecular weight excluding hydrogens is 290 g/mol. The molecule has 8 heteroatoms. The number of carbonyl (C=O) groups excluding carboxylic acids is 1. The number of amides is 1. The summed E-state index contributed by atoms with van der Waals surface area (Å²) < 4.78 is 11.7. The second-order valence-electron chi connectivity index (χ2n) is 5.58. The van der Waals surface area contributed by atoms with E-state index in [1.54, 1.807) is 20.8 Å². The molecular formula is C14H17N3O5. The van der Waals surface area contributed by atoms with E-state index in [-0.39, 0.29) is 5.56 Å². The van der Waals surface area contributed by atoms with Crippen molar-refractivity contribution in [3.05, 3.63) is 24.0 Å². The summed E-state index contributed by atoms with van der Waals surface area (Å²) in [5, 5.41) is 15.6. The van der Waals surface area contributed by atoms with Gasteiger partial charge >= 0.3 is 12.1 Å². The fraction of sp³-hybridized carbons (Fsp3) is 0.357.